The molecule has 2 aliphatic rings. The van der Waals surface area contributed by atoms with Crippen LogP contribution in [0.5, 0.6) is 0 Å². The molecular formula is C24H31FN6O4S. The van der Waals surface area contributed by atoms with Crippen molar-refractivity contribution in [1.29, 1.82) is 0 Å². The molecule has 2 heterocycles. The normalized spacial score (nSPS) is 40.8. The maximum Gasteiger partial charge on any atom is 0.191 e. The third-order valence-electron chi connectivity index (χ3n) is 5.60. The summed E-state index contributed by atoms with van der Waals surface area (Å²) in [7, 11) is 0. The smallest absolute Gasteiger partial charge is 0.191 e. The van der Waals surface area contributed by atoms with Crippen LogP contribution in [0.4, 0.5) is 10.2 Å². The molecule has 0 bridgehead atoms. The zero-order valence-corrected chi connectivity index (χ0v) is 20.3. The highest BCUT2D eigenvalue weighted by Gasteiger charge is 2.45. The van der Waals surface area contributed by atoms with E-state index in [2.05, 4.69) is 25.6 Å². The van der Waals surface area contributed by atoms with Gasteiger partial charge in [0.25, 0.3) is 0 Å². The fourth-order valence-corrected chi connectivity index (χ4v) is 4.34. The molecule has 0 amide bonds. The quantitative estimate of drug-likeness (QED) is 0.229. The number of aliphatic hydroxyl groups excluding tert-OH is 1. The average Bonchev–Trinajstić information content (AvgIpc) is 3.58. The van der Waals surface area contributed by atoms with Crippen molar-refractivity contribution < 1.29 is 36.8 Å². The molecule has 12 heteroatoms. The molecule has 2 fully saturated rings. The number of hydrogen-bond donors (Lipinski definition) is 4. The van der Waals surface area contributed by atoms with Gasteiger partial charge in [0.15, 0.2) is 22.1 Å². The van der Waals surface area contributed by atoms with Gasteiger partial charge in [0.05, 0.1) is 34.9 Å². The highest BCUT2D eigenvalue weighted by atomic mass is 32.2. The number of thioether (sulfide) groups is 1. The summed E-state index contributed by atoms with van der Waals surface area (Å²) in [6.07, 6.45) is -13.6. The molecule has 2 aliphatic carbocycles. The molecule has 2 saturated carbocycles. The number of anilines is 1. The summed E-state index contributed by atoms with van der Waals surface area (Å²) in [4.78, 5) is 8.78. The van der Waals surface area contributed by atoms with Gasteiger partial charge in [-0.15, -0.1) is 5.10 Å². The van der Waals surface area contributed by atoms with E-state index in [-0.39, 0.29) is 39.7 Å². The zero-order chi connectivity index (χ0) is 33.5. The number of fused-ring (bicyclic) bond motifs is 1. The lowest BCUT2D eigenvalue weighted by molar-refractivity contribution is -0.0629. The number of aliphatic hydroxyl groups is 3. The van der Waals surface area contributed by atoms with E-state index >= 15 is 0 Å². The standard InChI is InChI=1S/C24H31FN6O4S/c1-3-8-36-24-27-22(26-16-10-14(16)13-5-4-12(2)15(25)9-13)19-23(28-24)31(30-29-19)17-11-18(35-7-6-32)21(34)20(17)33/h4-5,9,14,16-18,20-21,32-34H,3,6-8,10-11H2,1-2H3,(H,26,27,28)/t14-,16+,17+,18-,20-,21+/m0/s1/i4D,5D,9D,11D2,17D,18D,20D,21D. The molecule has 3 aromatic rings. The highest BCUT2D eigenvalue weighted by Crippen LogP contribution is 2.44. The molecule has 194 valence electrons. The van der Waals surface area contributed by atoms with Crippen LogP contribution in [0.25, 0.3) is 11.2 Å². The molecule has 1 aromatic carbocycles. The fraction of sp³-hybridized carbons (Fsp3) is 0.583. The Balaban J connectivity index is 1.62. The summed E-state index contributed by atoms with van der Waals surface area (Å²) in [5.74, 6) is -0.921. The van der Waals surface area contributed by atoms with Crippen molar-refractivity contribution in [3.05, 3.63) is 35.1 Å². The van der Waals surface area contributed by atoms with Crippen LogP contribution in [0.1, 0.15) is 61.5 Å². The lowest BCUT2D eigenvalue weighted by Gasteiger charge is -2.17. The van der Waals surface area contributed by atoms with Crippen LogP contribution in [0, 0.1) is 12.7 Å². The zero-order valence-electron chi connectivity index (χ0n) is 28.5. The molecule has 4 N–H and O–H groups in total. The van der Waals surface area contributed by atoms with Crippen LogP contribution >= 0.6 is 11.8 Å². The lowest BCUT2D eigenvalue weighted by atomic mass is 10.1. The highest BCUT2D eigenvalue weighted by molar-refractivity contribution is 7.99. The summed E-state index contributed by atoms with van der Waals surface area (Å²) in [5.41, 5.74) is -0.634. The van der Waals surface area contributed by atoms with Gasteiger partial charge in [0.2, 0.25) is 0 Å². The molecule has 5 rings (SSSR count). The Hall–Kier alpha value is -2.38. The van der Waals surface area contributed by atoms with Gasteiger partial charge in [-0.05, 0) is 36.9 Å². The number of benzene rings is 1. The number of nitrogens with one attached hydrogen (secondary N) is 1. The Bertz CT molecular complexity index is 1640. The van der Waals surface area contributed by atoms with Gasteiger partial charge in [0.1, 0.15) is 18.0 Å². The SMILES string of the molecule is [2H]c1c([2H])c([C@@H]2C[C@H]2Nc2nc(SCCC)nc3c2nnn3[C@]2([2H])C([2H])([2H])[C@]([2H])(OCCO)[C@@]([2H])(O)[C@@]2([2H])O)c([2H])c(F)c1C. The second-order valence-electron chi connectivity index (χ2n) is 8.27. The molecule has 6 atom stereocenters. The van der Waals surface area contributed by atoms with Gasteiger partial charge in [-0.3, -0.25) is 0 Å². The Labute approximate surface area is 224 Å². The van der Waals surface area contributed by atoms with Gasteiger partial charge in [-0.2, -0.15) is 0 Å². The van der Waals surface area contributed by atoms with Gasteiger partial charge in [-0.25, -0.2) is 19.0 Å². The minimum absolute atomic E-state index is 0.000393. The van der Waals surface area contributed by atoms with Crippen molar-refractivity contribution in [1.82, 2.24) is 25.0 Å². The van der Waals surface area contributed by atoms with E-state index in [1.807, 2.05) is 6.92 Å². The topological polar surface area (TPSA) is 138 Å². The van der Waals surface area contributed by atoms with Gasteiger partial charge < -0.3 is 25.4 Å². The summed E-state index contributed by atoms with van der Waals surface area (Å²) in [6, 6.07) is -5.08. The summed E-state index contributed by atoms with van der Waals surface area (Å²) >= 11 is 1.16. The van der Waals surface area contributed by atoms with E-state index in [1.165, 1.54) is 6.92 Å². The van der Waals surface area contributed by atoms with Crippen molar-refractivity contribution in [3.63, 3.8) is 0 Å². The number of halogens is 1. The molecule has 0 aliphatic heterocycles. The molecule has 0 spiro atoms. The van der Waals surface area contributed by atoms with E-state index in [0.29, 0.717) is 23.3 Å². The average molecular weight is 528 g/mol. The third kappa shape index (κ3) is 4.92. The van der Waals surface area contributed by atoms with Gasteiger partial charge in [0, 0.05) is 26.8 Å². The summed E-state index contributed by atoms with van der Waals surface area (Å²) < 4.78 is 96.4. The molecule has 10 nitrogen and oxygen atoms in total. The molecule has 2 aromatic heterocycles. The molecular weight excluding hydrogens is 487 g/mol. The first-order valence-corrected chi connectivity index (χ1v) is 12.3. The molecule has 36 heavy (non-hydrogen) atoms. The van der Waals surface area contributed by atoms with Crippen molar-refractivity contribution in [3.8, 4) is 0 Å². The first-order chi connectivity index (χ1) is 20.9. The first kappa shape index (κ1) is 16.5. The van der Waals surface area contributed by atoms with Crippen LogP contribution in [0.2, 0.25) is 0 Å². The fourth-order valence-electron chi connectivity index (χ4n) is 3.65. The second kappa shape index (κ2) is 10.5. The Morgan fingerprint density at radius 2 is 2.19 bits per heavy atom. The maximum atomic E-state index is 14.6. The maximum absolute atomic E-state index is 14.6. The number of aromatic nitrogens is 5. The molecule has 0 radical (unpaired) electrons. The Morgan fingerprint density at radius 3 is 2.97 bits per heavy atom. The van der Waals surface area contributed by atoms with Crippen molar-refractivity contribution >= 4 is 28.7 Å². The van der Waals surface area contributed by atoms with E-state index in [1.54, 1.807) is 0 Å². The predicted molar refractivity (Wildman–Crippen MR) is 133 cm³/mol. The minimum Gasteiger partial charge on any atom is -0.394 e. The molecule has 0 unspecified atom stereocenters. The second-order valence-corrected chi connectivity index (χ2v) is 9.33. The van der Waals surface area contributed by atoms with E-state index in [4.69, 9.17) is 17.1 Å². The van der Waals surface area contributed by atoms with Crippen LogP contribution in [-0.2, 0) is 4.74 Å². The molecule has 0 saturated heterocycles. The van der Waals surface area contributed by atoms with Crippen LogP contribution in [0.15, 0.2) is 23.3 Å². The Morgan fingerprint density at radius 1 is 1.36 bits per heavy atom. The van der Waals surface area contributed by atoms with Gasteiger partial charge in [-0.1, -0.05) is 36.0 Å². The number of ether oxygens (including phenoxy) is 1. The van der Waals surface area contributed by atoms with Crippen molar-refractivity contribution in [2.24, 2.45) is 0 Å². The van der Waals surface area contributed by atoms with Crippen LogP contribution in [-0.4, -0.2) is 83.5 Å². The predicted octanol–water partition coefficient (Wildman–Crippen LogP) is 2.18. The van der Waals surface area contributed by atoms with E-state index < -0.39 is 73.3 Å². The number of hydrogen-bond acceptors (Lipinski definition) is 10. The monoisotopic (exact) mass is 527 g/mol. The first-order valence-electron chi connectivity index (χ1n) is 15.8. The summed E-state index contributed by atoms with van der Waals surface area (Å²) in [5, 5.41) is 42.2. The number of rotatable bonds is 10. The van der Waals surface area contributed by atoms with E-state index in [9.17, 15) is 19.7 Å². The van der Waals surface area contributed by atoms with E-state index in [0.717, 1.165) is 11.8 Å². The van der Waals surface area contributed by atoms with Crippen LogP contribution < -0.4 is 5.32 Å². The van der Waals surface area contributed by atoms with Crippen molar-refractivity contribution in [2.75, 3.05) is 24.3 Å². The van der Waals surface area contributed by atoms with Crippen LogP contribution in [0.3, 0.4) is 0 Å². The van der Waals surface area contributed by atoms with Crippen molar-refractivity contribution in [2.45, 2.75) is 74.4 Å². The minimum atomic E-state index is -3.82. The lowest BCUT2D eigenvalue weighted by Crippen LogP contribution is -2.33. The number of nitrogens with zero attached hydrogens (tertiary/aromatic N) is 5. The Kier molecular flexibility index (Phi) is 4.82. The summed E-state index contributed by atoms with van der Waals surface area (Å²) in [6.45, 7) is 1.69. The van der Waals surface area contributed by atoms with Gasteiger partial charge >= 0.3 is 0 Å². The third-order valence-corrected chi connectivity index (χ3v) is 6.66. The largest absolute Gasteiger partial charge is 0.394 e.